The molecule has 16 heavy (non-hydrogen) atoms. The van der Waals surface area contributed by atoms with Gasteiger partial charge in [0.25, 0.3) is 0 Å². The number of nitrogens with one attached hydrogen (secondary N) is 1. The Morgan fingerprint density at radius 3 is 2.19 bits per heavy atom. The Labute approximate surface area is 98.1 Å². The van der Waals surface area contributed by atoms with Crippen molar-refractivity contribution >= 4 is 5.97 Å². The molecule has 2 atom stereocenters. The first-order chi connectivity index (χ1) is 7.32. The van der Waals surface area contributed by atoms with Crippen LogP contribution in [0.25, 0.3) is 0 Å². The molecule has 4 heteroatoms. The maximum absolute atomic E-state index is 11.0. The van der Waals surface area contributed by atoms with Gasteiger partial charge in [-0.15, -0.1) is 0 Å². The summed E-state index contributed by atoms with van der Waals surface area (Å²) in [5.41, 5.74) is -0.0514. The highest BCUT2D eigenvalue weighted by atomic mass is 16.4. The van der Waals surface area contributed by atoms with E-state index in [0.717, 1.165) is 6.42 Å². The number of carbonyl (C=O) groups is 1. The minimum absolute atomic E-state index is 0.0187. The van der Waals surface area contributed by atoms with Gasteiger partial charge in [0.2, 0.25) is 0 Å². The summed E-state index contributed by atoms with van der Waals surface area (Å²) in [5, 5.41) is 21.2. The van der Waals surface area contributed by atoms with E-state index in [4.69, 9.17) is 10.2 Å². The molecule has 2 unspecified atom stereocenters. The van der Waals surface area contributed by atoms with Crippen LogP contribution in [-0.4, -0.2) is 34.9 Å². The molecule has 4 nitrogen and oxygen atoms in total. The molecule has 0 amide bonds. The van der Waals surface area contributed by atoms with Crippen LogP contribution < -0.4 is 5.32 Å². The van der Waals surface area contributed by atoms with Crippen LogP contribution in [0.5, 0.6) is 0 Å². The van der Waals surface area contributed by atoms with Crippen LogP contribution in [0, 0.1) is 5.41 Å². The molecule has 0 aromatic heterocycles. The van der Waals surface area contributed by atoms with Gasteiger partial charge in [-0.1, -0.05) is 34.1 Å². The molecule has 3 N–H and O–H groups in total. The standard InChI is InChI=1S/C12H25NO3/c1-5-6-9(11(15)16)13-10(7-8-14)12(2,3)4/h9-10,13-14H,5-8H2,1-4H3,(H,15,16). The van der Waals surface area contributed by atoms with Crippen LogP contribution in [-0.2, 0) is 4.79 Å². The molecule has 0 radical (unpaired) electrons. The molecular weight excluding hydrogens is 206 g/mol. The number of aliphatic hydroxyl groups is 1. The maximum Gasteiger partial charge on any atom is 0.320 e. The van der Waals surface area contributed by atoms with Gasteiger partial charge in [0.05, 0.1) is 0 Å². The monoisotopic (exact) mass is 231 g/mol. The van der Waals surface area contributed by atoms with E-state index >= 15 is 0 Å². The van der Waals surface area contributed by atoms with Crippen molar-refractivity contribution < 1.29 is 15.0 Å². The van der Waals surface area contributed by atoms with Crippen molar-refractivity contribution in [3.05, 3.63) is 0 Å². The summed E-state index contributed by atoms with van der Waals surface area (Å²) in [4.78, 5) is 11.0. The minimum Gasteiger partial charge on any atom is -0.480 e. The van der Waals surface area contributed by atoms with Crippen LogP contribution in [0.4, 0.5) is 0 Å². The molecular formula is C12H25NO3. The molecule has 0 aromatic rings. The van der Waals surface area contributed by atoms with Crippen LogP contribution >= 0.6 is 0 Å². The average molecular weight is 231 g/mol. The molecule has 0 spiro atoms. The molecule has 0 aliphatic heterocycles. The quantitative estimate of drug-likeness (QED) is 0.623. The zero-order chi connectivity index (χ0) is 12.8. The number of carboxylic acid groups (broad SMARTS) is 1. The first-order valence-electron chi connectivity index (χ1n) is 5.92. The Morgan fingerprint density at radius 1 is 1.31 bits per heavy atom. The predicted octanol–water partition coefficient (Wildman–Crippen LogP) is 1.63. The number of hydrogen-bond donors (Lipinski definition) is 3. The Kier molecular flexibility index (Phi) is 6.60. The van der Waals surface area contributed by atoms with Crippen molar-refractivity contribution in [2.24, 2.45) is 5.41 Å². The van der Waals surface area contributed by atoms with E-state index in [1.807, 2.05) is 27.7 Å². The summed E-state index contributed by atoms with van der Waals surface area (Å²) in [5.74, 6) is -0.811. The van der Waals surface area contributed by atoms with Crippen molar-refractivity contribution in [3.63, 3.8) is 0 Å². The molecule has 0 saturated heterocycles. The third-order valence-electron chi connectivity index (χ3n) is 2.74. The lowest BCUT2D eigenvalue weighted by molar-refractivity contribution is -0.140. The molecule has 0 heterocycles. The fourth-order valence-corrected chi connectivity index (χ4v) is 1.71. The van der Waals surface area contributed by atoms with Crippen molar-refractivity contribution in [3.8, 4) is 0 Å². The van der Waals surface area contributed by atoms with Crippen molar-refractivity contribution in [1.82, 2.24) is 5.32 Å². The van der Waals surface area contributed by atoms with Crippen LogP contribution in [0.2, 0.25) is 0 Å². The van der Waals surface area contributed by atoms with E-state index in [0.29, 0.717) is 12.8 Å². The maximum atomic E-state index is 11.0. The first-order valence-corrected chi connectivity index (χ1v) is 5.92. The number of hydrogen-bond acceptors (Lipinski definition) is 3. The zero-order valence-corrected chi connectivity index (χ0v) is 10.8. The van der Waals surface area contributed by atoms with E-state index in [1.165, 1.54) is 0 Å². The van der Waals surface area contributed by atoms with Gasteiger partial charge in [0.15, 0.2) is 0 Å². The topological polar surface area (TPSA) is 69.6 Å². The second kappa shape index (κ2) is 6.86. The SMILES string of the molecule is CCCC(NC(CCO)C(C)(C)C)C(=O)O. The summed E-state index contributed by atoms with van der Waals surface area (Å²) in [6, 6.07) is -0.495. The molecule has 0 bridgehead atoms. The van der Waals surface area contributed by atoms with Gasteiger partial charge in [0.1, 0.15) is 6.04 Å². The number of aliphatic hydroxyl groups excluding tert-OH is 1. The van der Waals surface area contributed by atoms with Gasteiger partial charge >= 0.3 is 5.97 Å². The predicted molar refractivity (Wildman–Crippen MR) is 64.4 cm³/mol. The fraction of sp³-hybridized carbons (Fsp3) is 0.917. The lowest BCUT2D eigenvalue weighted by Crippen LogP contribution is -2.49. The highest BCUT2D eigenvalue weighted by Crippen LogP contribution is 2.22. The molecule has 0 aromatic carbocycles. The summed E-state index contributed by atoms with van der Waals surface area (Å²) >= 11 is 0. The number of rotatable bonds is 7. The largest absolute Gasteiger partial charge is 0.480 e. The van der Waals surface area contributed by atoms with E-state index in [9.17, 15) is 4.79 Å². The molecule has 0 fully saturated rings. The molecule has 0 saturated carbocycles. The minimum atomic E-state index is -0.811. The Balaban J connectivity index is 4.51. The molecule has 0 aliphatic carbocycles. The van der Waals surface area contributed by atoms with E-state index in [2.05, 4.69) is 5.32 Å². The Morgan fingerprint density at radius 2 is 1.88 bits per heavy atom. The number of carboxylic acids is 1. The average Bonchev–Trinajstić information content (AvgIpc) is 2.14. The lowest BCUT2D eigenvalue weighted by Gasteiger charge is -2.33. The zero-order valence-electron chi connectivity index (χ0n) is 10.8. The normalized spacial score (nSPS) is 15.8. The van der Waals surface area contributed by atoms with Gasteiger partial charge in [-0.2, -0.15) is 0 Å². The highest BCUT2D eigenvalue weighted by molar-refractivity contribution is 5.73. The summed E-state index contributed by atoms with van der Waals surface area (Å²) in [6.07, 6.45) is 2.03. The lowest BCUT2D eigenvalue weighted by atomic mass is 9.84. The molecule has 0 rings (SSSR count). The fourth-order valence-electron chi connectivity index (χ4n) is 1.71. The van der Waals surface area contributed by atoms with Gasteiger partial charge in [-0.3, -0.25) is 4.79 Å². The summed E-state index contributed by atoms with van der Waals surface area (Å²) in [6.45, 7) is 8.19. The van der Waals surface area contributed by atoms with Crippen LogP contribution in [0.1, 0.15) is 47.0 Å². The van der Waals surface area contributed by atoms with Crippen LogP contribution in [0.3, 0.4) is 0 Å². The van der Waals surface area contributed by atoms with Crippen molar-refractivity contribution in [2.45, 2.75) is 59.0 Å². The second-order valence-corrected chi connectivity index (χ2v) is 5.28. The Hall–Kier alpha value is -0.610. The van der Waals surface area contributed by atoms with E-state index in [-0.39, 0.29) is 18.1 Å². The third-order valence-corrected chi connectivity index (χ3v) is 2.74. The third kappa shape index (κ3) is 5.47. The summed E-state index contributed by atoms with van der Waals surface area (Å²) < 4.78 is 0. The van der Waals surface area contributed by atoms with Gasteiger partial charge in [0, 0.05) is 12.6 Å². The van der Waals surface area contributed by atoms with Gasteiger partial charge in [-0.05, 0) is 18.3 Å². The van der Waals surface area contributed by atoms with Crippen molar-refractivity contribution in [2.75, 3.05) is 6.61 Å². The van der Waals surface area contributed by atoms with Gasteiger partial charge < -0.3 is 15.5 Å². The van der Waals surface area contributed by atoms with E-state index < -0.39 is 12.0 Å². The smallest absolute Gasteiger partial charge is 0.320 e. The summed E-state index contributed by atoms with van der Waals surface area (Å²) in [7, 11) is 0. The number of aliphatic carboxylic acids is 1. The molecule has 96 valence electrons. The van der Waals surface area contributed by atoms with Gasteiger partial charge in [-0.25, -0.2) is 0 Å². The second-order valence-electron chi connectivity index (χ2n) is 5.28. The highest BCUT2D eigenvalue weighted by Gasteiger charge is 2.28. The van der Waals surface area contributed by atoms with E-state index in [1.54, 1.807) is 0 Å². The Bertz CT molecular complexity index is 211. The van der Waals surface area contributed by atoms with Crippen molar-refractivity contribution in [1.29, 1.82) is 0 Å². The molecule has 0 aliphatic rings. The van der Waals surface area contributed by atoms with Crippen LogP contribution in [0.15, 0.2) is 0 Å². The first kappa shape index (κ1) is 15.4.